The van der Waals surface area contributed by atoms with Crippen LogP contribution in [-0.4, -0.2) is 35.9 Å². The first-order valence-electron chi connectivity index (χ1n) is 6.84. The van der Waals surface area contributed by atoms with Gasteiger partial charge in [-0.3, -0.25) is 0 Å². The fourth-order valence-corrected chi connectivity index (χ4v) is 2.64. The molecular weight excluding hydrogens is 300 g/mol. The van der Waals surface area contributed by atoms with E-state index in [1.807, 2.05) is 30.5 Å². The van der Waals surface area contributed by atoms with Gasteiger partial charge in [-0.05, 0) is 32.2 Å². The highest BCUT2D eigenvalue weighted by atomic mass is 32.2. The van der Waals surface area contributed by atoms with E-state index in [4.69, 9.17) is 9.47 Å². The highest BCUT2D eigenvalue weighted by Gasteiger charge is 2.20. The summed E-state index contributed by atoms with van der Waals surface area (Å²) in [7, 11) is 1.61. The molecule has 5 nitrogen and oxygen atoms in total. The maximum atomic E-state index is 12.1. The van der Waals surface area contributed by atoms with Crippen LogP contribution in [0.1, 0.15) is 23.0 Å². The smallest absolute Gasteiger partial charge is 0.342 e. The molecule has 0 spiro atoms. The van der Waals surface area contributed by atoms with Crippen molar-refractivity contribution in [1.82, 2.24) is 9.97 Å². The van der Waals surface area contributed by atoms with Crippen molar-refractivity contribution in [1.29, 1.82) is 0 Å². The van der Waals surface area contributed by atoms with Crippen molar-refractivity contribution in [3.05, 3.63) is 35.5 Å². The van der Waals surface area contributed by atoms with Crippen LogP contribution >= 0.6 is 11.8 Å². The maximum Gasteiger partial charge on any atom is 0.342 e. The fourth-order valence-electron chi connectivity index (χ4n) is 2.02. The zero-order chi connectivity index (χ0) is 16.1. The van der Waals surface area contributed by atoms with Crippen LogP contribution in [0.15, 0.2) is 29.3 Å². The maximum absolute atomic E-state index is 12.1. The predicted molar refractivity (Wildman–Crippen MR) is 86.5 cm³/mol. The zero-order valence-electron chi connectivity index (χ0n) is 13.0. The van der Waals surface area contributed by atoms with Crippen molar-refractivity contribution < 1.29 is 14.3 Å². The lowest BCUT2D eigenvalue weighted by atomic mass is 10.2. The van der Waals surface area contributed by atoms with Gasteiger partial charge in [0, 0.05) is 5.56 Å². The van der Waals surface area contributed by atoms with E-state index >= 15 is 0 Å². The summed E-state index contributed by atoms with van der Waals surface area (Å²) < 4.78 is 10.3. The van der Waals surface area contributed by atoms with Gasteiger partial charge in [0.1, 0.15) is 16.3 Å². The number of aryl methyl sites for hydroxylation is 1. The number of rotatable bonds is 5. The Labute approximate surface area is 134 Å². The zero-order valence-corrected chi connectivity index (χ0v) is 13.9. The molecule has 0 unspecified atom stereocenters. The first-order chi connectivity index (χ1) is 10.6. The molecule has 2 rings (SSSR count). The molecule has 22 heavy (non-hydrogen) atoms. The Morgan fingerprint density at radius 1 is 1.32 bits per heavy atom. The topological polar surface area (TPSA) is 61.3 Å². The number of carbonyl (C=O) groups excluding carboxylic acids is 1. The summed E-state index contributed by atoms with van der Waals surface area (Å²) in [6.07, 6.45) is 1.87. The van der Waals surface area contributed by atoms with Crippen LogP contribution < -0.4 is 4.74 Å². The molecule has 0 bridgehead atoms. The van der Waals surface area contributed by atoms with E-state index in [-0.39, 0.29) is 5.97 Å². The SMILES string of the molecule is CCOC(=O)c1c(C)nc(-c2cccc(OC)c2)nc1SC. The van der Waals surface area contributed by atoms with Gasteiger partial charge in [0.25, 0.3) is 0 Å². The van der Waals surface area contributed by atoms with Crippen LogP contribution in [0, 0.1) is 6.92 Å². The van der Waals surface area contributed by atoms with Crippen LogP contribution in [0.2, 0.25) is 0 Å². The lowest BCUT2D eigenvalue weighted by Crippen LogP contribution is -2.12. The van der Waals surface area contributed by atoms with Crippen LogP contribution in [0.4, 0.5) is 0 Å². The van der Waals surface area contributed by atoms with Crippen LogP contribution in [-0.2, 0) is 4.74 Å². The van der Waals surface area contributed by atoms with Crippen LogP contribution in [0.3, 0.4) is 0 Å². The lowest BCUT2D eigenvalue weighted by Gasteiger charge is -2.11. The molecule has 0 radical (unpaired) electrons. The van der Waals surface area contributed by atoms with Gasteiger partial charge in [-0.1, -0.05) is 12.1 Å². The van der Waals surface area contributed by atoms with E-state index < -0.39 is 0 Å². The van der Waals surface area contributed by atoms with E-state index in [9.17, 15) is 4.79 Å². The number of ether oxygens (including phenoxy) is 2. The Bertz CT molecular complexity index is 689. The summed E-state index contributed by atoms with van der Waals surface area (Å²) in [5.74, 6) is 0.911. The number of methoxy groups -OCH3 is 1. The molecular formula is C16H18N2O3S. The van der Waals surface area contributed by atoms with Gasteiger partial charge in [-0.2, -0.15) is 0 Å². The van der Waals surface area contributed by atoms with E-state index in [2.05, 4.69) is 9.97 Å². The quantitative estimate of drug-likeness (QED) is 0.478. The molecule has 0 fully saturated rings. The monoisotopic (exact) mass is 318 g/mol. The normalized spacial score (nSPS) is 10.4. The highest BCUT2D eigenvalue weighted by molar-refractivity contribution is 7.98. The van der Waals surface area contributed by atoms with Gasteiger partial charge in [0.15, 0.2) is 5.82 Å². The molecule has 1 heterocycles. The van der Waals surface area contributed by atoms with Gasteiger partial charge in [-0.15, -0.1) is 11.8 Å². The molecule has 0 aliphatic carbocycles. The predicted octanol–water partition coefficient (Wildman–Crippen LogP) is 3.36. The summed E-state index contributed by atoms with van der Waals surface area (Å²) in [6.45, 7) is 3.89. The van der Waals surface area contributed by atoms with Gasteiger partial charge in [0.2, 0.25) is 0 Å². The van der Waals surface area contributed by atoms with Crippen molar-refractivity contribution in [3.8, 4) is 17.1 Å². The van der Waals surface area contributed by atoms with E-state index in [0.717, 1.165) is 11.3 Å². The van der Waals surface area contributed by atoms with Crippen molar-refractivity contribution >= 4 is 17.7 Å². The molecule has 6 heteroatoms. The average molecular weight is 318 g/mol. The van der Waals surface area contributed by atoms with Gasteiger partial charge in [-0.25, -0.2) is 14.8 Å². The van der Waals surface area contributed by atoms with E-state index in [1.54, 1.807) is 21.0 Å². The second-order valence-corrected chi connectivity index (χ2v) is 5.26. The second-order valence-electron chi connectivity index (χ2n) is 4.47. The first-order valence-corrected chi connectivity index (χ1v) is 8.07. The number of hydrogen-bond donors (Lipinski definition) is 0. The standard InChI is InChI=1S/C16H18N2O3S/c1-5-21-16(19)13-10(2)17-14(18-15(13)22-4)11-7-6-8-12(9-11)20-3/h6-9H,5H2,1-4H3. The molecule has 0 aliphatic heterocycles. The fraction of sp³-hybridized carbons (Fsp3) is 0.312. The number of nitrogens with zero attached hydrogens (tertiary/aromatic N) is 2. The molecule has 0 amide bonds. The van der Waals surface area contributed by atoms with Gasteiger partial charge in [0.05, 0.1) is 19.4 Å². The minimum atomic E-state index is -0.387. The molecule has 0 saturated carbocycles. The van der Waals surface area contributed by atoms with Gasteiger partial charge >= 0.3 is 5.97 Å². The molecule has 1 aromatic carbocycles. The number of hydrogen-bond acceptors (Lipinski definition) is 6. The Hall–Kier alpha value is -2.08. The van der Waals surface area contributed by atoms with E-state index in [1.165, 1.54) is 11.8 Å². The van der Waals surface area contributed by atoms with E-state index in [0.29, 0.717) is 28.7 Å². The van der Waals surface area contributed by atoms with Crippen LogP contribution in [0.25, 0.3) is 11.4 Å². The molecule has 116 valence electrons. The summed E-state index contributed by atoms with van der Waals surface area (Å²) in [6, 6.07) is 7.51. The number of esters is 1. The molecule has 0 aliphatic rings. The largest absolute Gasteiger partial charge is 0.497 e. The second kappa shape index (κ2) is 7.26. The summed E-state index contributed by atoms with van der Waals surface area (Å²) >= 11 is 1.40. The molecule has 0 atom stereocenters. The van der Waals surface area contributed by atoms with Crippen molar-refractivity contribution in [2.24, 2.45) is 0 Å². The van der Waals surface area contributed by atoms with Crippen molar-refractivity contribution in [2.45, 2.75) is 18.9 Å². The third-order valence-corrected chi connectivity index (χ3v) is 3.74. The number of benzene rings is 1. The molecule has 0 saturated heterocycles. The summed E-state index contributed by atoms with van der Waals surface area (Å²) in [4.78, 5) is 21.0. The Morgan fingerprint density at radius 2 is 2.09 bits per heavy atom. The summed E-state index contributed by atoms with van der Waals surface area (Å²) in [5.41, 5.74) is 1.88. The first kappa shape index (κ1) is 16.3. The third-order valence-electron chi connectivity index (χ3n) is 3.06. The highest BCUT2D eigenvalue weighted by Crippen LogP contribution is 2.27. The number of carbonyl (C=O) groups is 1. The lowest BCUT2D eigenvalue weighted by molar-refractivity contribution is 0.0520. The average Bonchev–Trinajstić information content (AvgIpc) is 2.54. The Morgan fingerprint density at radius 3 is 2.73 bits per heavy atom. The Balaban J connectivity index is 2.51. The minimum Gasteiger partial charge on any atom is -0.497 e. The van der Waals surface area contributed by atoms with Crippen molar-refractivity contribution in [3.63, 3.8) is 0 Å². The van der Waals surface area contributed by atoms with Crippen LogP contribution in [0.5, 0.6) is 5.75 Å². The third kappa shape index (κ3) is 3.39. The minimum absolute atomic E-state index is 0.323. The summed E-state index contributed by atoms with van der Waals surface area (Å²) in [5, 5.41) is 0.615. The number of thioether (sulfide) groups is 1. The Kier molecular flexibility index (Phi) is 5.38. The van der Waals surface area contributed by atoms with Gasteiger partial charge < -0.3 is 9.47 Å². The molecule has 2 aromatic rings. The van der Waals surface area contributed by atoms with Crippen molar-refractivity contribution in [2.75, 3.05) is 20.0 Å². The molecule has 1 aromatic heterocycles. The molecule has 0 N–H and O–H groups in total. The number of aromatic nitrogens is 2.